The number of hydrogen-bond acceptors (Lipinski definition) is 4. The van der Waals surface area contributed by atoms with Crippen LogP contribution in [0.5, 0.6) is 0 Å². The summed E-state index contributed by atoms with van der Waals surface area (Å²) in [6.07, 6.45) is 1.64. The molecule has 1 aliphatic rings. The Hall–Kier alpha value is -3.49. The van der Waals surface area contributed by atoms with Crippen molar-refractivity contribution in [2.75, 3.05) is 17.2 Å². The van der Waals surface area contributed by atoms with Crippen LogP contribution >= 0.6 is 11.6 Å². The van der Waals surface area contributed by atoms with Crippen LogP contribution in [0.4, 0.5) is 15.8 Å². The van der Waals surface area contributed by atoms with Gasteiger partial charge in [0.05, 0.1) is 29.3 Å². The van der Waals surface area contributed by atoms with Crippen LogP contribution in [0.2, 0.25) is 5.02 Å². The van der Waals surface area contributed by atoms with Gasteiger partial charge in [-0.05, 0) is 48.9 Å². The van der Waals surface area contributed by atoms with Crippen LogP contribution in [-0.2, 0) is 9.59 Å². The Morgan fingerprint density at radius 1 is 1.12 bits per heavy atom. The van der Waals surface area contributed by atoms with E-state index in [2.05, 4.69) is 10.6 Å². The van der Waals surface area contributed by atoms with Gasteiger partial charge in [-0.15, -0.1) is 0 Å². The third-order valence-electron chi connectivity index (χ3n) is 5.54. The Bertz CT molecular complexity index is 1240. The highest BCUT2D eigenvalue weighted by molar-refractivity contribution is 6.30. The van der Waals surface area contributed by atoms with Crippen LogP contribution in [0.15, 0.2) is 71.7 Å². The minimum Gasteiger partial charge on any atom is -0.395 e. The van der Waals surface area contributed by atoms with Crippen molar-refractivity contribution in [3.05, 3.63) is 88.1 Å². The summed E-state index contributed by atoms with van der Waals surface area (Å²) >= 11 is 5.83. The number of benzene rings is 2. The number of rotatable bonds is 6. The van der Waals surface area contributed by atoms with Gasteiger partial charge in [-0.25, -0.2) is 4.39 Å². The van der Waals surface area contributed by atoms with E-state index < -0.39 is 35.6 Å². The predicted octanol–water partition coefficient (Wildman–Crippen LogP) is 3.21. The number of carbonyl (C=O) groups excluding carboxylic acids is 2. The fourth-order valence-electron chi connectivity index (χ4n) is 3.55. The molecule has 1 fully saturated rings. The molecule has 164 valence electrons. The van der Waals surface area contributed by atoms with Crippen molar-refractivity contribution in [3.8, 4) is 5.69 Å². The molecular weight excluding hydrogens is 437 g/mol. The third-order valence-corrected chi connectivity index (χ3v) is 5.79. The first-order valence-corrected chi connectivity index (χ1v) is 10.2. The number of amides is 2. The molecule has 3 N–H and O–H groups in total. The van der Waals surface area contributed by atoms with Crippen molar-refractivity contribution in [3.63, 3.8) is 0 Å². The molecular formula is C23H19ClFN3O4. The first kappa shape index (κ1) is 21.7. The smallest absolute Gasteiger partial charge is 0.255 e. The maximum absolute atomic E-state index is 14.6. The van der Waals surface area contributed by atoms with Crippen molar-refractivity contribution in [2.24, 2.45) is 11.3 Å². The maximum atomic E-state index is 14.6. The zero-order chi connectivity index (χ0) is 22.9. The van der Waals surface area contributed by atoms with Gasteiger partial charge in [-0.1, -0.05) is 17.7 Å². The second-order valence-corrected chi connectivity index (χ2v) is 8.03. The minimum absolute atomic E-state index is 0.112. The number of aromatic nitrogens is 1. The van der Waals surface area contributed by atoms with E-state index in [1.54, 1.807) is 36.4 Å². The molecule has 0 aliphatic heterocycles. The number of anilines is 2. The summed E-state index contributed by atoms with van der Waals surface area (Å²) in [6.45, 7) is -0.559. The molecule has 0 bridgehead atoms. The molecule has 2 aromatic carbocycles. The van der Waals surface area contributed by atoms with Gasteiger partial charge in [-0.3, -0.25) is 19.0 Å². The summed E-state index contributed by atoms with van der Waals surface area (Å²) < 4.78 is 15.9. The van der Waals surface area contributed by atoms with Crippen LogP contribution in [0, 0.1) is 17.2 Å². The lowest BCUT2D eigenvalue weighted by molar-refractivity contribution is -0.126. The lowest BCUT2D eigenvalue weighted by Crippen LogP contribution is -2.32. The molecule has 4 rings (SSSR count). The van der Waals surface area contributed by atoms with Crippen molar-refractivity contribution in [1.29, 1.82) is 0 Å². The number of halogens is 2. The molecule has 0 radical (unpaired) electrons. The van der Waals surface area contributed by atoms with Crippen molar-refractivity contribution < 1.29 is 19.1 Å². The summed E-state index contributed by atoms with van der Waals surface area (Å²) in [5, 5.41) is 15.5. The fourth-order valence-corrected chi connectivity index (χ4v) is 3.68. The molecule has 2 unspecified atom stereocenters. The van der Waals surface area contributed by atoms with Gasteiger partial charge in [0.2, 0.25) is 11.8 Å². The number of aliphatic hydroxyl groups excluding tert-OH is 1. The SMILES string of the molecule is O=C(Nc1ccc(Cl)cc1)C1CC1(CO)C(=O)Nc1ccc(-n2ccccc2=O)cc1F. The highest BCUT2D eigenvalue weighted by Gasteiger charge is 2.63. The number of carbonyl (C=O) groups is 2. The minimum atomic E-state index is -1.34. The Balaban J connectivity index is 1.47. The number of nitrogens with one attached hydrogen (secondary N) is 2. The van der Waals surface area contributed by atoms with Gasteiger partial charge in [0.1, 0.15) is 5.82 Å². The Labute approximate surface area is 187 Å². The molecule has 0 saturated heterocycles. The van der Waals surface area contributed by atoms with Crippen LogP contribution in [0.3, 0.4) is 0 Å². The van der Waals surface area contributed by atoms with E-state index in [0.29, 0.717) is 16.4 Å². The zero-order valence-electron chi connectivity index (χ0n) is 16.7. The Morgan fingerprint density at radius 2 is 1.88 bits per heavy atom. The zero-order valence-corrected chi connectivity index (χ0v) is 17.5. The largest absolute Gasteiger partial charge is 0.395 e. The molecule has 7 nitrogen and oxygen atoms in total. The molecule has 0 spiro atoms. The number of nitrogens with zero attached hydrogens (tertiary/aromatic N) is 1. The second-order valence-electron chi connectivity index (χ2n) is 7.59. The summed E-state index contributed by atoms with van der Waals surface area (Å²) in [6, 6.07) is 15.0. The van der Waals surface area contributed by atoms with Crippen molar-refractivity contribution in [2.45, 2.75) is 6.42 Å². The molecule has 1 aliphatic carbocycles. The Morgan fingerprint density at radius 3 is 2.53 bits per heavy atom. The average Bonchev–Trinajstić information content (AvgIpc) is 3.54. The summed E-state index contributed by atoms with van der Waals surface area (Å²) in [5.74, 6) is -2.58. The van der Waals surface area contributed by atoms with Crippen LogP contribution in [-0.4, -0.2) is 28.1 Å². The second kappa shape index (κ2) is 8.57. The van der Waals surface area contributed by atoms with E-state index in [0.717, 1.165) is 6.07 Å². The van der Waals surface area contributed by atoms with Gasteiger partial charge in [0.25, 0.3) is 5.56 Å². The van der Waals surface area contributed by atoms with Crippen LogP contribution in [0.25, 0.3) is 5.69 Å². The van der Waals surface area contributed by atoms with E-state index in [1.165, 1.54) is 29.0 Å². The molecule has 2 amide bonds. The number of pyridine rings is 1. The monoisotopic (exact) mass is 455 g/mol. The molecule has 32 heavy (non-hydrogen) atoms. The molecule has 1 heterocycles. The van der Waals surface area contributed by atoms with Crippen molar-refractivity contribution >= 4 is 34.8 Å². The standard InChI is InChI=1S/C23H19ClFN3O4/c24-14-4-6-15(7-5-14)26-21(31)17-12-23(17,13-29)22(32)27-19-9-8-16(11-18(19)25)28-10-2-1-3-20(28)30/h1-11,17,29H,12-13H2,(H,26,31)(H,27,32). The van der Waals surface area contributed by atoms with Gasteiger partial charge >= 0.3 is 0 Å². The first-order valence-electron chi connectivity index (χ1n) is 9.80. The highest BCUT2D eigenvalue weighted by Crippen LogP contribution is 2.53. The van der Waals surface area contributed by atoms with E-state index >= 15 is 0 Å². The summed E-state index contributed by atoms with van der Waals surface area (Å²) in [5.41, 5.74) is -0.960. The maximum Gasteiger partial charge on any atom is 0.255 e. The quantitative estimate of drug-likeness (QED) is 0.531. The molecule has 9 heteroatoms. The number of aliphatic hydroxyl groups is 1. The highest BCUT2D eigenvalue weighted by atomic mass is 35.5. The topological polar surface area (TPSA) is 100 Å². The predicted molar refractivity (Wildman–Crippen MR) is 118 cm³/mol. The summed E-state index contributed by atoms with van der Waals surface area (Å²) in [4.78, 5) is 37.3. The first-order chi connectivity index (χ1) is 15.3. The number of hydrogen-bond donors (Lipinski definition) is 3. The molecule has 1 saturated carbocycles. The fraction of sp³-hybridized carbons (Fsp3) is 0.174. The van der Waals surface area contributed by atoms with Crippen LogP contribution < -0.4 is 16.2 Å². The van der Waals surface area contributed by atoms with E-state index in [4.69, 9.17) is 11.6 Å². The van der Waals surface area contributed by atoms with E-state index in [-0.39, 0.29) is 17.7 Å². The van der Waals surface area contributed by atoms with Gasteiger partial charge < -0.3 is 15.7 Å². The molecule has 2 atom stereocenters. The lowest BCUT2D eigenvalue weighted by Gasteiger charge is -2.16. The normalized spacial score (nSPS) is 19.3. The third kappa shape index (κ3) is 4.15. The van der Waals surface area contributed by atoms with Crippen LogP contribution in [0.1, 0.15) is 6.42 Å². The van der Waals surface area contributed by atoms with E-state index in [1.807, 2.05) is 0 Å². The Kier molecular flexibility index (Phi) is 5.82. The van der Waals surface area contributed by atoms with E-state index in [9.17, 15) is 23.9 Å². The summed E-state index contributed by atoms with van der Waals surface area (Å²) in [7, 11) is 0. The average molecular weight is 456 g/mol. The molecule has 3 aromatic rings. The molecule has 1 aromatic heterocycles. The van der Waals surface area contributed by atoms with Gasteiger partial charge in [0, 0.05) is 29.0 Å². The van der Waals surface area contributed by atoms with Crippen molar-refractivity contribution in [1.82, 2.24) is 4.57 Å². The van der Waals surface area contributed by atoms with Gasteiger partial charge in [0.15, 0.2) is 0 Å². The lowest BCUT2D eigenvalue weighted by atomic mass is 10.0. The van der Waals surface area contributed by atoms with Gasteiger partial charge in [-0.2, -0.15) is 0 Å².